The second kappa shape index (κ2) is 6.39. The van der Waals surface area contributed by atoms with Gasteiger partial charge in [0, 0.05) is 29.2 Å². The molecule has 0 fully saturated rings. The molecule has 0 saturated carbocycles. The van der Waals surface area contributed by atoms with E-state index in [2.05, 4.69) is 15.6 Å². The standard InChI is InChI=1S/C17H21N3O/c1-17(2,3)20-16(21)15(13-8-7-11-18-12-13)19-14-9-5-4-6-10-14/h4-12,15,19H,1-3H3,(H,20,21). The smallest absolute Gasteiger partial charge is 0.247 e. The second-order valence-corrected chi connectivity index (χ2v) is 5.97. The van der Waals surface area contributed by atoms with Crippen LogP contribution in [-0.2, 0) is 4.79 Å². The van der Waals surface area contributed by atoms with Crippen LogP contribution in [0, 0.1) is 0 Å². The summed E-state index contributed by atoms with van der Waals surface area (Å²) in [5, 5.41) is 6.27. The van der Waals surface area contributed by atoms with Crippen LogP contribution >= 0.6 is 0 Å². The molecule has 1 aromatic heterocycles. The third-order valence-electron chi connectivity index (χ3n) is 2.86. The predicted molar refractivity (Wildman–Crippen MR) is 84.9 cm³/mol. The summed E-state index contributed by atoms with van der Waals surface area (Å²) >= 11 is 0. The summed E-state index contributed by atoms with van der Waals surface area (Å²) in [6.45, 7) is 5.90. The third-order valence-corrected chi connectivity index (χ3v) is 2.86. The van der Waals surface area contributed by atoms with Crippen LogP contribution in [0.25, 0.3) is 0 Å². The van der Waals surface area contributed by atoms with E-state index in [4.69, 9.17) is 0 Å². The van der Waals surface area contributed by atoms with Gasteiger partial charge in [-0.3, -0.25) is 9.78 Å². The van der Waals surface area contributed by atoms with E-state index in [0.29, 0.717) is 0 Å². The van der Waals surface area contributed by atoms with Gasteiger partial charge in [-0.15, -0.1) is 0 Å². The lowest BCUT2D eigenvalue weighted by atomic mass is 10.0. The fraction of sp³-hybridized carbons (Fsp3) is 0.294. The number of aromatic nitrogens is 1. The van der Waals surface area contributed by atoms with Gasteiger partial charge in [0.15, 0.2) is 0 Å². The van der Waals surface area contributed by atoms with E-state index in [1.54, 1.807) is 12.4 Å². The van der Waals surface area contributed by atoms with Crippen LogP contribution in [0.2, 0.25) is 0 Å². The molecule has 0 spiro atoms. The topological polar surface area (TPSA) is 54.0 Å². The van der Waals surface area contributed by atoms with Gasteiger partial charge in [-0.05, 0) is 39.0 Å². The Bertz CT molecular complexity index is 576. The monoisotopic (exact) mass is 283 g/mol. The number of hydrogen-bond donors (Lipinski definition) is 2. The molecule has 0 aliphatic heterocycles. The van der Waals surface area contributed by atoms with Crippen molar-refractivity contribution in [3.8, 4) is 0 Å². The molecule has 0 saturated heterocycles. The number of amides is 1. The number of pyridine rings is 1. The Kier molecular flexibility index (Phi) is 4.58. The summed E-state index contributed by atoms with van der Waals surface area (Å²) < 4.78 is 0. The molecule has 0 aliphatic carbocycles. The quantitative estimate of drug-likeness (QED) is 0.906. The Morgan fingerprint density at radius 1 is 1.10 bits per heavy atom. The maximum Gasteiger partial charge on any atom is 0.247 e. The maximum atomic E-state index is 12.6. The van der Waals surface area contributed by atoms with E-state index in [9.17, 15) is 4.79 Å². The Balaban J connectivity index is 2.25. The molecule has 4 heteroatoms. The second-order valence-electron chi connectivity index (χ2n) is 5.97. The van der Waals surface area contributed by atoms with Gasteiger partial charge in [-0.1, -0.05) is 24.3 Å². The zero-order valence-electron chi connectivity index (χ0n) is 12.6. The van der Waals surface area contributed by atoms with Gasteiger partial charge >= 0.3 is 0 Å². The summed E-state index contributed by atoms with van der Waals surface area (Å²) in [4.78, 5) is 16.7. The van der Waals surface area contributed by atoms with Crippen molar-refractivity contribution >= 4 is 11.6 Å². The molecule has 0 bridgehead atoms. The third kappa shape index (κ3) is 4.60. The summed E-state index contributed by atoms with van der Waals surface area (Å²) in [5.41, 5.74) is 1.45. The van der Waals surface area contributed by atoms with E-state index in [1.165, 1.54) is 0 Å². The highest BCUT2D eigenvalue weighted by Crippen LogP contribution is 2.20. The largest absolute Gasteiger partial charge is 0.370 e. The number of carbonyl (C=O) groups is 1. The molecule has 2 N–H and O–H groups in total. The van der Waals surface area contributed by atoms with E-state index < -0.39 is 6.04 Å². The average molecular weight is 283 g/mol. The highest BCUT2D eigenvalue weighted by molar-refractivity contribution is 5.86. The fourth-order valence-electron chi connectivity index (χ4n) is 1.99. The zero-order chi connectivity index (χ0) is 15.3. The van der Waals surface area contributed by atoms with Crippen molar-refractivity contribution in [3.63, 3.8) is 0 Å². The number of anilines is 1. The van der Waals surface area contributed by atoms with Crippen molar-refractivity contribution in [3.05, 3.63) is 60.4 Å². The van der Waals surface area contributed by atoms with Crippen molar-refractivity contribution in [2.24, 2.45) is 0 Å². The van der Waals surface area contributed by atoms with E-state index in [1.807, 2.05) is 63.2 Å². The Labute approximate surface area is 125 Å². The van der Waals surface area contributed by atoms with Crippen LogP contribution in [0.4, 0.5) is 5.69 Å². The molecule has 1 aromatic carbocycles. The van der Waals surface area contributed by atoms with Gasteiger partial charge in [-0.2, -0.15) is 0 Å². The molecular formula is C17H21N3O. The van der Waals surface area contributed by atoms with E-state index in [-0.39, 0.29) is 11.4 Å². The number of para-hydroxylation sites is 1. The first-order valence-corrected chi connectivity index (χ1v) is 6.99. The zero-order valence-corrected chi connectivity index (χ0v) is 12.6. The predicted octanol–water partition coefficient (Wildman–Crippen LogP) is 3.15. The SMILES string of the molecule is CC(C)(C)NC(=O)C(Nc1ccccc1)c1cccnc1. The van der Waals surface area contributed by atoms with Gasteiger partial charge in [0.1, 0.15) is 6.04 Å². The highest BCUT2D eigenvalue weighted by atomic mass is 16.2. The molecule has 1 atom stereocenters. The first-order valence-electron chi connectivity index (χ1n) is 6.99. The molecule has 0 radical (unpaired) electrons. The van der Waals surface area contributed by atoms with E-state index in [0.717, 1.165) is 11.3 Å². The van der Waals surface area contributed by atoms with Crippen LogP contribution in [0.3, 0.4) is 0 Å². The molecule has 2 rings (SSSR count). The number of nitrogens with one attached hydrogen (secondary N) is 2. The molecule has 2 aromatic rings. The normalized spacial score (nSPS) is 12.5. The molecule has 1 unspecified atom stereocenters. The van der Waals surface area contributed by atoms with Crippen LogP contribution in [0.15, 0.2) is 54.9 Å². The minimum Gasteiger partial charge on any atom is -0.370 e. The number of rotatable bonds is 4. The summed E-state index contributed by atoms with van der Waals surface area (Å²) in [6, 6.07) is 12.9. The summed E-state index contributed by atoms with van der Waals surface area (Å²) in [7, 11) is 0. The first-order chi connectivity index (χ1) is 9.96. The van der Waals surface area contributed by atoms with Crippen molar-refractivity contribution in [2.45, 2.75) is 32.4 Å². The molecule has 0 aliphatic rings. The highest BCUT2D eigenvalue weighted by Gasteiger charge is 2.24. The van der Waals surface area contributed by atoms with Crippen molar-refractivity contribution in [1.29, 1.82) is 0 Å². The van der Waals surface area contributed by atoms with Crippen LogP contribution < -0.4 is 10.6 Å². The van der Waals surface area contributed by atoms with E-state index >= 15 is 0 Å². The number of benzene rings is 1. The van der Waals surface area contributed by atoms with Gasteiger partial charge < -0.3 is 10.6 Å². The van der Waals surface area contributed by atoms with Crippen molar-refractivity contribution < 1.29 is 4.79 Å². The molecule has 4 nitrogen and oxygen atoms in total. The minimum absolute atomic E-state index is 0.0700. The number of carbonyl (C=O) groups excluding carboxylic acids is 1. The van der Waals surface area contributed by atoms with Crippen molar-refractivity contribution in [2.75, 3.05) is 5.32 Å². The molecular weight excluding hydrogens is 262 g/mol. The lowest BCUT2D eigenvalue weighted by Crippen LogP contribution is -2.44. The minimum atomic E-state index is -0.472. The van der Waals surface area contributed by atoms with Gasteiger partial charge in [0.2, 0.25) is 5.91 Å². The van der Waals surface area contributed by atoms with Crippen LogP contribution in [0.1, 0.15) is 32.4 Å². The number of nitrogens with zero attached hydrogens (tertiary/aromatic N) is 1. The van der Waals surface area contributed by atoms with Crippen LogP contribution in [-0.4, -0.2) is 16.4 Å². The fourth-order valence-corrected chi connectivity index (χ4v) is 1.99. The summed E-state index contributed by atoms with van der Waals surface area (Å²) in [5.74, 6) is -0.0700. The Hall–Kier alpha value is -2.36. The van der Waals surface area contributed by atoms with Gasteiger partial charge in [0.25, 0.3) is 0 Å². The maximum absolute atomic E-state index is 12.6. The van der Waals surface area contributed by atoms with Gasteiger partial charge in [0.05, 0.1) is 0 Å². The van der Waals surface area contributed by atoms with Crippen molar-refractivity contribution in [1.82, 2.24) is 10.3 Å². The Morgan fingerprint density at radius 2 is 1.81 bits per heavy atom. The first kappa shape index (κ1) is 15.0. The summed E-state index contributed by atoms with van der Waals surface area (Å²) in [6.07, 6.45) is 3.41. The van der Waals surface area contributed by atoms with Crippen LogP contribution in [0.5, 0.6) is 0 Å². The lowest BCUT2D eigenvalue weighted by molar-refractivity contribution is -0.123. The lowest BCUT2D eigenvalue weighted by Gasteiger charge is -2.26. The number of hydrogen-bond acceptors (Lipinski definition) is 3. The molecule has 1 amide bonds. The Morgan fingerprint density at radius 3 is 2.38 bits per heavy atom. The molecule has 1 heterocycles. The average Bonchev–Trinajstić information content (AvgIpc) is 2.45. The molecule has 110 valence electrons. The molecule has 21 heavy (non-hydrogen) atoms. The van der Waals surface area contributed by atoms with Gasteiger partial charge in [-0.25, -0.2) is 0 Å².